The molecule has 23 heavy (non-hydrogen) atoms. The van der Waals surface area contributed by atoms with Gasteiger partial charge in [-0.05, 0) is 12.5 Å². The molecule has 3 N–H and O–H groups in total. The Morgan fingerprint density at radius 1 is 1.13 bits per heavy atom. The van der Waals surface area contributed by atoms with Gasteiger partial charge in [-0.1, -0.05) is 71.9 Å². The van der Waals surface area contributed by atoms with E-state index in [0.717, 1.165) is 11.1 Å². The van der Waals surface area contributed by atoms with Crippen molar-refractivity contribution in [1.82, 2.24) is 15.2 Å². The molecule has 116 valence electrons. The highest BCUT2D eigenvalue weighted by Gasteiger charge is 2.21. The molecule has 3 aromatic rings. The van der Waals surface area contributed by atoms with Gasteiger partial charge in [0, 0.05) is 5.56 Å². The minimum Gasteiger partial charge on any atom is -0.368 e. The van der Waals surface area contributed by atoms with E-state index in [4.69, 9.17) is 5.73 Å². The summed E-state index contributed by atoms with van der Waals surface area (Å²) >= 11 is 1.24. The van der Waals surface area contributed by atoms with Crippen molar-refractivity contribution >= 4 is 17.7 Å². The summed E-state index contributed by atoms with van der Waals surface area (Å²) in [5.41, 5.74) is 8.50. The van der Waals surface area contributed by atoms with E-state index in [2.05, 4.69) is 15.2 Å². The number of nitrogens with one attached hydrogen (secondary N) is 1. The summed E-state index contributed by atoms with van der Waals surface area (Å²) < 4.78 is 0. The molecule has 0 spiro atoms. The quantitative estimate of drug-likeness (QED) is 0.706. The second-order valence-corrected chi connectivity index (χ2v) is 6.22. The number of hydrogen-bond acceptors (Lipinski definition) is 4. The number of H-pyrrole nitrogens is 1. The Hall–Kier alpha value is -2.60. The van der Waals surface area contributed by atoms with E-state index in [1.54, 1.807) is 0 Å². The van der Waals surface area contributed by atoms with Crippen LogP contribution in [0.4, 0.5) is 0 Å². The van der Waals surface area contributed by atoms with Gasteiger partial charge in [-0.2, -0.15) is 0 Å². The second-order valence-electron chi connectivity index (χ2n) is 5.14. The van der Waals surface area contributed by atoms with E-state index in [0.29, 0.717) is 11.0 Å². The van der Waals surface area contributed by atoms with Crippen LogP contribution in [0.3, 0.4) is 0 Å². The molecule has 1 unspecified atom stereocenters. The highest BCUT2D eigenvalue weighted by molar-refractivity contribution is 8.00. The van der Waals surface area contributed by atoms with Crippen LogP contribution in [0.2, 0.25) is 0 Å². The Morgan fingerprint density at radius 2 is 1.83 bits per heavy atom. The van der Waals surface area contributed by atoms with Crippen LogP contribution in [0, 0.1) is 6.92 Å². The van der Waals surface area contributed by atoms with Gasteiger partial charge in [-0.25, -0.2) is 4.98 Å². The van der Waals surface area contributed by atoms with E-state index in [-0.39, 0.29) is 0 Å². The predicted molar refractivity (Wildman–Crippen MR) is 90.8 cm³/mol. The first kappa shape index (κ1) is 15.3. The lowest BCUT2D eigenvalue weighted by Crippen LogP contribution is -2.19. The van der Waals surface area contributed by atoms with E-state index in [1.165, 1.54) is 17.3 Å². The van der Waals surface area contributed by atoms with Gasteiger partial charge in [0.2, 0.25) is 11.1 Å². The highest BCUT2D eigenvalue weighted by Crippen LogP contribution is 2.33. The normalized spacial score (nSPS) is 12.0. The Bertz CT molecular complexity index is 799. The maximum absolute atomic E-state index is 11.8. The standard InChI is InChI=1S/C17H16N4OS/c1-11-7-9-13(10-8-11)16-19-17(21-20-16)23-14(15(18)22)12-5-3-2-4-6-12/h2-10,14H,1H3,(H2,18,22)(H,19,20,21). The molecule has 6 heteroatoms. The molecule has 5 nitrogen and oxygen atoms in total. The fourth-order valence-electron chi connectivity index (χ4n) is 2.16. The number of nitrogens with two attached hydrogens (primary N) is 1. The van der Waals surface area contributed by atoms with Gasteiger partial charge >= 0.3 is 0 Å². The third kappa shape index (κ3) is 3.60. The summed E-state index contributed by atoms with van der Waals surface area (Å²) in [6.45, 7) is 2.03. The molecule has 1 aromatic heterocycles. The number of carbonyl (C=O) groups excluding carboxylic acids is 1. The van der Waals surface area contributed by atoms with E-state index < -0.39 is 11.2 Å². The van der Waals surface area contributed by atoms with Gasteiger partial charge in [0.1, 0.15) is 5.25 Å². The number of hydrogen-bond donors (Lipinski definition) is 2. The first-order valence-corrected chi connectivity index (χ1v) is 8.02. The molecular formula is C17H16N4OS. The molecule has 0 bridgehead atoms. The van der Waals surface area contributed by atoms with Crippen molar-refractivity contribution in [3.8, 4) is 11.4 Å². The van der Waals surface area contributed by atoms with Crippen molar-refractivity contribution in [2.24, 2.45) is 5.73 Å². The van der Waals surface area contributed by atoms with Crippen LogP contribution in [-0.2, 0) is 4.79 Å². The van der Waals surface area contributed by atoms with Crippen LogP contribution in [0.5, 0.6) is 0 Å². The summed E-state index contributed by atoms with van der Waals surface area (Å²) in [6.07, 6.45) is 0. The molecule has 0 aliphatic carbocycles. The van der Waals surface area contributed by atoms with Gasteiger partial charge in [0.25, 0.3) is 0 Å². The van der Waals surface area contributed by atoms with Gasteiger partial charge in [0.05, 0.1) is 0 Å². The maximum atomic E-state index is 11.8. The maximum Gasteiger partial charge on any atom is 0.235 e. The Labute approximate surface area is 138 Å². The molecule has 0 saturated heterocycles. The largest absolute Gasteiger partial charge is 0.368 e. The van der Waals surface area contributed by atoms with Crippen LogP contribution in [0.1, 0.15) is 16.4 Å². The topological polar surface area (TPSA) is 84.7 Å². The number of thioether (sulfide) groups is 1. The number of rotatable bonds is 5. The van der Waals surface area contributed by atoms with Crippen molar-refractivity contribution in [3.63, 3.8) is 0 Å². The van der Waals surface area contributed by atoms with Gasteiger partial charge in [0.15, 0.2) is 5.82 Å². The minimum atomic E-state index is -0.516. The molecule has 0 aliphatic rings. The second kappa shape index (κ2) is 6.66. The molecular weight excluding hydrogens is 308 g/mol. The number of aryl methyl sites for hydroxylation is 1. The lowest BCUT2D eigenvalue weighted by molar-refractivity contribution is -0.117. The number of primary amides is 1. The van der Waals surface area contributed by atoms with E-state index in [9.17, 15) is 4.79 Å². The third-order valence-corrected chi connectivity index (χ3v) is 4.51. The number of nitrogens with zero attached hydrogens (tertiary/aromatic N) is 2. The highest BCUT2D eigenvalue weighted by atomic mass is 32.2. The molecule has 1 amide bonds. The summed E-state index contributed by atoms with van der Waals surface area (Å²) in [5, 5.41) is 7.06. The van der Waals surface area contributed by atoms with Crippen LogP contribution >= 0.6 is 11.8 Å². The van der Waals surface area contributed by atoms with Crippen LogP contribution in [0.15, 0.2) is 59.8 Å². The number of benzene rings is 2. The van der Waals surface area contributed by atoms with Crippen LogP contribution < -0.4 is 5.73 Å². The summed E-state index contributed by atoms with van der Waals surface area (Å²) in [6, 6.07) is 17.4. The van der Waals surface area contributed by atoms with Crippen molar-refractivity contribution < 1.29 is 4.79 Å². The first-order chi connectivity index (χ1) is 11.1. The van der Waals surface area contributed by atoms with Gasteiger partial charge in [-0.15, -0.1) is 5.10 Å². The van der Waals surface area contributed by atoms with Crippen molar-refractivity contribution in [2.45, 2.75) is 17.3 Å². The number of carbonyl (C=O) groups is 1. The number of amides is 1. The SMILES string of the molecule is Cc1ccc(-c2nc(SC(C(N)=O)c3ccccc3)n[nH]2)cc1. The first-order valence-electron chi connectivity index (χ1n) is 7.14. The Balaban J connectivity index is 1.82. The molecule has 0 fully saturated rings. The zero-order valence-corrected chi connectivity index (χ0v) is 13.4. The molecule has 1 heterocycles. The summed E-state index contributed by atoms with van der Waals surface area (Å²) in [4.78, 5) is 16.2. The number of aromatic amines is 1. The molecule has 3 rings (SSSR count). The summed E-state index contributed by atoms with van der Waals surface area (Å²) in [5.74, 6) is 0.256. The molecule has 2 aromatic carbocycles. The number of aromatic nitrogens is 3. The Kier molecular flexibility index (Phi) is 4.43. The van der Waals surface area contributed by atoms with Crippen LogP contribution in [0.25, 0.3) is 11.4 Å². The predicted octanol–water partition coefficient (Wildman–Crippen LogP) is 3.10. The molecule has 0 aliphatic heterocycles. The third-order valence-electron chi connectivity index (χ3n) is 3.37. The zero-order chi connectivity index (χ0) is 16.2. The lowest BCUT2D eigenvalue weighted by atomic mass is 10.1. The monoisotopic (exact) mass is 324 g/mol. The van der Waals surface area contributed by atoms with E-state index >= 15 is 0 Å². The van der Waals surface area contributed by atoms with Crippen molar-refractivity contribution in [3.05, 3.63) is 65.7 Å². The molecule has 1 atom stereocenters. The van der Waals surface area contributed by atoms with Gasteiger partial charge in [-0.3, -0.25) is 9.89 Å². The van der Waals surface area contributed by atoms with Crippen molar-refractivity contribution in [1.29, 1.82) is 0 Å². The summed E-state index contributed by atoms with van der Waals surface area (Å²) in [7, 11) is 0. The Morgan fingerprint density at radius 3 is 2.48 bits per heavy atom. The zero-order valence-electron chi connectivity index (χ0n) is 12.6. The van der Waals surface area contributed by atoms with Gasteiger partial charge < -0.3 is 5.73 Å². The average molecular weight is 324 g/mol. The average Bonchev–Trinajstić information content (AvgIpc) is 3.02. The fraction of sp³-hybridized carbons (Fsp3) is 0.118. The van der Waals surface area contributed by atoms with Crippen LogP contribution in [-0.4, -0.2) is 21.1 Å². The fourth-order valence-corrected chi connectivity index (χ4v) is 3.03. The molecule has 0 radical (unpaired) electrons. The smallest absolute Gasteiger partial charge is 0.235 e. The minimum absolute atomic E-state index is 0.414. The lowest BCUT2D eigenvalue weighted by Gasteiger charge is -2.10. The van der Waals surface area contributed by atoms with E-state index in [1.807, 2.05) is 61.5 Å². The molecule has 0 saturated carbocycles. The van der Waals surface area contributed by atoms with Crippen molar-refractivity contribution in [2.75, 3.05) is 0 Å².